The minimum atomic E-state index is -0.544. The number of halogens is 3. The van der Waals surface area contributed by atoms with Crippen LogP contribution in [0.25, 0.3) is 0 Å². The van der Waals surface area contributed by atoms with E-state index in [0.717, 1.165) is 6.42 Å². The normalized spacial score (nSPS) is 21.8. The first kappa shape index (κ1) is 25.2. The standard InChI is InChI=1S/C23H32BCl3O4/c1-22(2)23(3,4)31-24(30-22)16(12-15-8-6-5-7-9-15)10-11-29-21(28)20-18(26)13-17(25)14-19(20)27/h13-16H,5-12H2,1-4H3/t16-/m0/s1. The molecule has 2 aliphatic rings. The van der Waals surface area contributed by atoms with Gasteiger partial charge in [0.05, 0.1) is 33.4 Å². The number of benzene rings is 1. The highest BCUT2D eigenvalue weighted by molar-refractivity contribution is 6.47. The van der Waals surface area contributed by atoms with Crippen molar-refractivity contribution in [3.05, 3.63) is 32.8 Å². The summed E-state index contributed by atoms with van der Waals surface area (Å²) < 4.78 is 18.2. The molecule has 8 heteroatoms. The van der Waals surface area contributed by atoms with E-state index in [0.29, 0.717) is 17.4 Å². The number of carbonyl (C=O) groups excluding carboxylic acids is 1. The lowest BCUT2D eigenvalue weighted by Crippen LogP contribution is -2.41. The molecule has 0 amide bonds. The van der Waals surface area contributed by atoms with Crippen LogP contribution in [-0.4, -0.2) is 30.9 Å². The molecule has 1 atom stereocenters. The Labute approximate surface area is 201 Å². The van der Waals surface area contributed by atoms with Gasteiger partial charge in [0.1, 0.15) is 0 Å². The van der Waals surface area contributed by atoms with E-state index in [1.807, 2.05) is 0 Å². The molecule has 0 unspecified atom stereocenters. The average molecular weight is 490 g/mol. The van der Waals surface area contributed by atoms with Gasteiger partial charge in [0.2, 0.25) is 0 Å². The van der Waals surface area contributed by atoms with Gasteiger partial charge >= 0.3 is 13.1 Å². The van der Waals surface area contributed by atoms with Crippen molar-refractivity contribution >= 4 is 47.9 Å². The highest BCUT2D eigenvalue weighted by atomic mass is 35.5. The van der Waals surface area contributed by atoms with Crippen LogP contribution in [0, 0.1) is 5.92 Å². The zero-order valence-electron chi connectivity index (χ0n) is 18.8. The van der Waals surface area contributed by atoms with Crippen molar-refractivity contribution in [3.63, 3.8) is 0 Å². The average Bonchev–Trinajstić information content (AvgIpc) is 2.88. The summed E-state index contributed by atoms with van der Waals surface area (Å²) in [6.45, 7) is 8.50. The molecular weight excluding hydrogens is 457 g/mol. The van der Waals surface area contributed by atoms with E-state index in [2.05, 4.69) is 27.7 Å². The Morgan fingerprint density at radius 2 is 1.61 bits per heavy atom. The van der Waals surface area contributed by atoms with Crippen molar-refractivity contribution in [1.82, 2.24) is 0 Å². The molecule has 0 spiro atoms. The quantitative estimate of drug-likeness (QED) is 0.292. The minimum Gasteiger partial charge on any atom is -0.462 e. The van der Waals surface area contributed by atoms with Gasteiger partial charge < -0.3 is 14.0 Å². The molecule has 3 rings (SSSR count). The number of carbonyl (C=O) groups is 1. The van der Waals surface area contributed by atoms with Crippen LogP contribution in [0.15, 0.2) is 12.1 Å². The van der Waals surface area contributed by atoms with Crippen LogP contribution >= 0.6 is 34.8 Å². The lowest BCUT2D eigenvalue weighted by molar-refractivity contribution is 0.00578. The molecule has 0 aromatic heterocycles. The molecule has 0 radical (unpaired) electrons. The summed E-state index contributed by atoms with van der Waals surface area (Å²) >= 11 is 18.2. The monoisotopic (exact) mass is 488 g/mol. The summed E-state index contributed by atoms with van der Waals surface area (Å²) in [6, 6.07) is 2.98. The molecule has 1 aliphatic heterocycles. The van der Waals surface area contributed by atoms with E-state index in [9.17, 15) is 4.79 Å². The van der Waals surface area contributed by atoms with Crippen LogP contribution in [0.2, 0.25) is 20.9 Å². The van der Waals surface area contributed by atoms with Crippen LogP contribution in [0.3, 0.4) is 0 Å². The molecule has 1 aromatic rings. The zero-order valence-corrected chi connectivity index (χ0v) is 21.1. The van der Waals surface area contributed by atoms with E-state index < -0.39 is 5.97 Å². The summed E-state index contributed by atoms with van der Waals surface area (Å²) in [5.74, 6) is 0.263. The van der Waals surface area contributed by atoms with Crippen LogP contribution < -0.4 is 0 Å². The predicted octanol–water partition coefficient (Wildman–Crippen LogP) is 7.63. The molecule has 1 saturated carbocycles. The van der Waals surface area contributed by atoms with Gasteiger partial charge in [-0.25, -0.2) is 4.79 Å². The van der Waals surface area contributed by atoms with Gasteiger partial charge in [-0.2, -0.15) is 0 Å². The highest BCUT2D eigenvalue weighted by Gasteiger charge is 2.53. The maximum Gasteiger partial charge on any atom is 0.461 e. The van der Waals surface area contributed by atoms with Crippen molar-refractivity contribution in [2.45, 2.75) is 89.7 Å². The fraction of sp³-hybridized carbons (Fsp3) is 0.696. The van der Waals surface area contributed by atoms with Crippen molar-refractivity contribution < 1.29 is 18.8 Å². The van der Waals surface area contributed by atoms with Crippen LogP contribution in [0.1, 0.15) is 83.0 Å². The number of rotatable bonds is 7. The molecule has 172 valence electrons. The SMILES string of the molecule is CC1(C)OB([C@@H](CCOC(=O)c2c(Cl)cc(Cl)cc2Cl)CC2CCCCC2)OC1(C)C. The fourth-order valence-electron chi connectivity index (χ4n) is 4.41. The Bertz CT molecular complexity index is 754. The first-order valence-corrected chi connectivity index (χ1v) is 12.3. The number of hydrogen-bond acceptors (Lipinski definition) is 4. The van der Waals surface area contributed by atoms with E-state index in [1.165, 1.54) is 44.2 Å². The number of esters is 1. The Kier molecular flexibility index (Phi) is 8.30. The minimum absolute atomic E-state index is 0.146. The Morgan fingerprint density at radius 3 is 2.16 bits per heavy atom. The summed E-state index contributed by atoms with van der Waals surface area (Å²) in [5.41, 5.74) is -0.625. The molecule has 0 bridgehead atoms. The maximum absolute atomic E-state index is 12.6. The van der Waals surface area contributed by atoms with E-state index in [-0.39, 0.29) is 46.4 Å². The molecule has 1 saturated heterocycles. The summed E-state index contributed by atoms with van der Waals surface area (Å²) in [6.07, 6.45) is 8.03. The molecule has 31 heavy (non-hydrogen) atoms. The van der Waals surface area contributed by atoms with Crippen molar-refractivity contribution in [1.29, 1.82) is 0 Å². The van der Waals surface area contributed by atoms with Crippen molar-refractivity contribution in [3.8, 4) is 0 Å². The van der Waals surface area contributed by atoms with Gasteiger partial charge in [0.25, 0.3) is 0 Å². The van der Waals surface area contributed by atoms with Gasteiger partial charge in [-0.1, -0.05) is 66.9 Å². The smallest absolute Gasteiger partial charge is 0.461 e. The summed E-state index contributed by atoms with van der Waals surface area (Å²) in [4.78, 5) is 12.6. The summed E-state index contributed by atoms with van der Waals surface area (Å²) in [7, 11) is -0.312. The second-order valence-electron chi connectivity index (χ2n) is 9.79. The maximum atomic E-state index is 12.6. The third-order valence-corrected chi connectivity index (χ3v) is 7.76. The zero-order chi connectivity index (χ0) is 22.8. The molecule has 1 aliphatic carbocycles. The van der Waals surface area contributed by atoms with Crippen LogP contribution in [0.5, 0.6) is 0 Å². The van der Waals surface area contributed by atoms with Crippen LogP contribution in [-0.2, 0) is 14.0 Å². The second kappa shape index (κ2) is 10.2. The lowest BCUT2D eigenvalue weighted by Gasteiger charge is -2.32. The predicted molar refractivity (Wildman–Crippen MR) is 127 cm³/mol. The second-order valence-corrected chi connectivity index (χ2v) is 11.0. The first-order valence-electron chi connectivity index (χ1n) is 11.2. The molecule has 1 aromatic carbocycles. The first-order chi connectivity index (χ1) is 14.5. The van der Waals surface area contributed by atoms with Gasteiger partial charge in [-0.05, 0) is 64.4 Å². The van der Waals surface area contributed by atoms with E-state index >= 15 is 0 Å². The molecule has 4 nitrogen and oxygen atoms in total. The van der Waals surface area contributed by atoms with E-state index in [4.69, 9.17) is 48.8 Å². The molecule has 0 N–H and O–H groups in total. The van der Waals surface area contributed by atoms with Gasteiger partial charge in [-0.3, -0.25) is 0 Å². The topological polar surface area (TPSA) is 44.8 Å². The van der Waals surface area contributed by atoms with Crippen molar-refractivity contribution in [2.24, 2.45) is 5.92 Å². The fourth-order valence-corrected chi connectivity index (χ4v) is 5.38. The molecule has 1 heterocycles. The van der Waals surface area contributed by atoms with Gasteiger partial charge in [-0.15, -0.1) is 0 Å². The van der Waals surface area contributed by atoms with Gasteiger partial charge in [0, 0.05) is 5.02 Å². The lowest BCUT2D eigenvalue weighted by atomic mass is 9.64. The van der Waals surface area contributed by atoms with Crippen LogP contribution in [0.4, 0.5) is 0 Å². The Balaban J connectivity index is 1.65. The largest absolute Gasteiger partial charge is 0.462 e. The van der Waals surface area contributed by atoms with Crippen molar-refractivity contribution in [2.75, 3.05) is 6.61 Å². The Hall–Kier alpha value is -0.455. The third kappa shape index (κ3) is 6.12. The van der Waals surface area contributed by atoms with E-state index in [1.54, 1.807) is 0 Å². The van der Waals surface area contributed by atoms with Gasteiger partial charge in [0.15, 0.2) is 0 Å². The highest BCUT2D eigenvalue weighted by Crippen LogP contribution is 2.44. The molecular formula is C23H32BCl3O4. The molecule has 2 fully saturated rings. The number of ether oxygens (including phenoxy) is 1. The number of hydrogen-bond donors (Lipinski definition) is 0. The summed E-state index contributed by atoms with van der Waals surface area (Å²) in [5, 5.41) is 0.749. The Morgan fingerprint density at radius 1 is 1.06 bits per heavy atom. The third-order valence-electron chi connectivity index (χ3n) is 6.95.